The number of hydrogen-bond acceptors (Lipinski definition) is 10. The number of unbranched alkanes of at least 4 members (excludes halogenated alkanes) is 1. The van der Waals surface area contributed by atoms with Crippen LogP contribution in [-0.4, -0.2) is 82.5 Å². The van der Waals surface area contributed by atoms with Gasteiger partial charge in [-0.2, -0.15) is 4.98 Å². The predicted octanol–water partition coefficient (Wildman–Crippen LogP) is -0.889. The topological polar surface area (TPSA) is 193 Å². The van der Waals surface area contributed by atoms with Crippen molar-refractivity contribution < 1.29 is 28.7 Å². The minimum Gasteiger partial charge on any atom is -0.390 e. The fraction of sp³-hybridized carbons (Fsp3) is 0.789. The summed E-state index contributed by atoms with van der Waals surface area (Å²) in [5.74, 6) is 0.444. The summed E-state index contributed by atoms with van der Waals surface area (Å²) in [4.78, 5) is 33.9. The van der Waals surface area contributed by atoms with Crippen molar-refractivity contribution in [3.8, 4) is 0 Å². The third kappa shape index (κ3) is 11.0. The number of aliphatic hydroxyl groups excluding tert-OH is 1. The van der Waals surface area contributed by atoms with Crippen molar-refractivity contribution in [3.05, 3.63) is 22.7 Å². The van der Waals surface area contributed by atoms with E-state index in [4.69, 9.17) is 20.3 Å². The van der Waals surface area contributed by atoms with Crippen LogP contribution in [0.4, 0.5) is 5.82 Å². The molecule has 3 atom stereocenters. The first-order valence-electron chi connectivity index (χ1n) is 11.3. The summed E-state index contributed by atoms with van der Waals surface area (Å²) < 4.78 is 22.0. The Morgan fingerprint density at radius 3 is 2.45 bits per heavy atom. The summed E-state index contributed by atoms with van der Waals surface area (Å²) >= 11 is 0. The highest BCUT2D eigenvalue weighted by Gasteiger charge is 2.37. The van der Waals surface area contributed by atoms with Gasteiger partial charge in [-0.15, -0.1) is 0 Å². The molecule has 0 unspecified atom stereocenters. The average molecular weight is 493 g/mol. The van der Waals surface area contributed by atoms with Gasteiger partial charge in [0.15, 0.2) is 0 Å². The lowest BCUT2D eigenvalue weighted by Crippen LogP contribution is -2.28. The Bertz CT molecular complexity index is 792. The van der Waals surface area contributed by atoms with Crippen molar-refractivity contribution >= 4 is 13.6 Å². The zero-order chi connectivity index (χ0) is 24.1. The Morgan fingerprint density at radius 2 is 1.82 bits per heavy atom. The van der Waals surface area contributed by atoms with Gasteiger partial charge in [0.05, 0.1) is 12.7 Å². The molecule has 0 saturated carbocycles. The number of aliphatic hydroxyl groups is 1. The van der Waals surface area contributed by atoms with E-state index in [1.54, 1.807) is 6.07 Å². The highest BCUT2D eigenvalue weighted by molar-refractivity contribution is 7.46. The molecule has 0 amide bonds. The molecule has 1 saturated heterocycles. The number of nitrogens with one attached hydrogen (secondary N) is 3. The molecular weight excluding hydrogens is 455 g/mol. The molecule has 2 rings (SSSR count). The molecule has 1 aromatic heterocycles. The summed E-state index contributed by atoms with van der Waals surface area (Å²) in [6.07, 6.45) is 2.93. The van der Waals surface area contributed by atoms with Crippen LogP contribution in [-0.2, 0) is 13.8 Å². The minimum atomic E-state index is -4.67. The number of aromatic nitrogens is 2. The van der Waals surface area contributed by atoms with E-state index in [9.17, 15) is 14.5 Å². The Morgan fingerprint density at radius 1 is 1.15 bits per heavy atom. The second-order valence-corrected chi connectivity index (χ2v) is 9.09. The van der Waals surface area contributed by atoms with Crippen molar-refractivity contribution in [1.82, 2.24) is 20.2 Å². The van der Waals surface area contributed by atoms with Crippen molar-refractivity contribution in [2.45, 2.75) is 50.5 Å². The van der Waals surface area contributed by atoms with E-state index in [2.05, 4.69) is 25.5 Å². The maximum Gasteiger partial charge on any atom is 0.469 e. The van der Waals surface area contributed by atoms with E-state index < -0.39 is 38.6 Å². The molecule has 8 N–H and O–H groups in total. The van der Waals surface area contributed by atoms with E-state index in [0.717, 1.165) is 58.4 Å². The molecule has 190 valence electrons. The number of hydrogen-bond donors (Lipinski definition) is 7. The van der Waals surface area contributed by atoms with Gasteiger partial charge < -0.3 is 41.3 Å². The quantitative estimate of drug-likeness (QED) is 0.105. The summed E-state index contributed by atoms with van der Waals surface area (Å²) in [5, 5.41) is 19.9. The number of nitrogens with two attached hydrogens (primary N) is 1. The third-order valence-electron chi connectivity index (χ3n) is 5.10. The SMILES string of the molecule is NCCCNCCCCNCCCNc1ccn([C@H]2C[C@H](O)[C@@H](COP(=O)(O)O)O2)c(=O)n1. The fourth-order valence-corrected chi connectivity index (χ4v) is 3.68. The maximum atomic E-state index is 12.3. The van der Waals surface area contributed by atoms with Crippen LogP contribution in [0, 0.1) is 0 Å². The number of phosphoric ester groups is 1. The lowest BCUT2D eigenvalue weighted by molar-refractivity contribution is -0.0450. The highest BCUT2D eigenvalue weighted by Crippen LogP contribution is 2.38. The van der Waals surface area contributed by atoms with Crippen LogP contribution in [0.15, 0.2) is 17.1 Å². The molecule has 33 heavy (non-hydrogen) atoms. The standard InChI is InChI=1S/C19H37N6O7P/c20-6-3-9-21-7-1-2-8-22-10-4-11-23-17-5-12-25(19(27)24-17)18-13-15(26)16(32-18)14-31-33(28,29)30/h5,12,15-16,18,21-22,26H,1-4,6-11,13-14,20H2,(H,23,24,27)(H2,28,29,30)/t15-,16+,18+/m0/s1. The predicted molar refractivity (Wildman–Crippen MR) is 123 cm³/mol. The zero-order valence-corrected chi connectivity index (χ0v) is 19.7. The molecule has 1 aliphatic rings. The van der Waals surface area contributed by atoms with Gasteiger partial charge in [0.25, 0.3) is 0 Å². The molecule has 0 radical (unpaired) electrons. The number of anilines is 1. The maximum absolute atomic E-state index is 12.3. The molecule has 0 bridgehead atoms. The number of phosphoric acid groups is 1. The van der Waals surface area contributed by atoms with Gasteiger partial charge in [0.2, 0.25) is 0 Å². The molecule has 13 nitrogen and oxygen atoms in total. The van der Waals surface area contributed by atoms with E-state index >= 15 is 0 Å². The summed E-state index contributed by atoms with van der Waals surface area (Å²) in [6.45, 7) is 4.69. The monoisotopic (exact) mass is 492 g/mol. The molecule has 1 aromatic rings. The number of nitrogens with zero attached hydrogens (tertiary/aromatic N) is 2. The Labute approximate surface area is 193 Å². The van der Waals surface area contributed by atoms with E-state index in [-0.39, 0.29) is 6.42 Å². The first-order chi connectivity index (χ1) is 15.8. The van der Waals surface area contributed by atoms with Gasteiger partial charge >= 0.3 is 13.5 Å². The van der Waals surface area contributed by atoms with Crippen LogP contribution in [0.1, 0.15) is 38.3 Å². The van der Waals surface area contributed by atoms with E-state index in [0.29, 0.717) is 12.4 Å². The lowest BCUT2D eigenvalue weighted by atomic mass is 10.2. The van der Waals surface area contributed by atoms with E-state index in [1.165, 1.54) is 10.8 Å². The molecule has 0 aromatic carbocycles. The Hall–Kier alpha value is -1.41. The van der Waals surface area contributed by atoms with Gasteiger partial charge in [0.1, 0.15) is 18.1 Å². The van der Waals surface area contributed by atoms with Crippen LogP contribution in [0.25, 0.3) is 0 Å². The smallest absolute Gasteiger partial charge is 0.390 e. The van der Waals surface area contributed by atoms with E-state index in [1.807, 2.05) is 0 Å². The summed E-state index contributed by atoms with van der Waals surface area (Å²) in [7, 11) is -4.67. The average Bonchev–Trinajstić information content (AvgIpc) is 3.13. The largest absolute Gasteiger partial charge is 0.469 e. The van der Waals surface area contributed by atoms with Crippen LogP contribution in [0.2, 0.25) is 0 Å². The molecule has 0 aliphatic carbocycles. The van der Waals surface area contributed by atoms with Crippen molar-refractivity contribution in [2.24, 2.45) is 5.73 Å². The summed E-state index contributed by atoms with van der Waals surface area (Å²) in [5.41, 5.74) is 4.89. The van der Waals surface area contributed by atoms with Gasteiger partial charge in [-0.1, -0.05) is 0 Å². The molecule has 2 heterocycles. The van der Waals surface area contributed by atoms with Crippen molar-refractivity contribution in [3.63, 3.8) is 0 Å². The molecule has 1 aliphatic heterocycles. The molecular formula is C19H37N6O7P. The number of ether oxygens (including phenoxy) is 1. The highest BCUT2D eigenvalue weighted by atomic mass is 31.2. The minimum absolute atomic E-state index is 0.0823. The first kappa shape index (κ1) is 27.8. The third-order valence-corrected chi connectivity index (χ3v) is 5.59. The zero-order valence-electron chi connectivity index (χ0n) is 18.8. The fourth-order valence-electron chi connectivity index (χ4n) is 3.34. The van der Waals surface area contributed by atoms with Crippen LogP contribution < -0.4 is 27.4 Å². The Kier molecular flexibility index (Phi) is 12.5. The van der Waals surface area contributed by atoms with Gasteiger partial charge in [0, 0.05) is 19.2 Å². The molecule has 0 spiro atoms. The normalized spacial score (nSPS) is 20.9. The lowest BCUT2D eigenvalue weighted by Gasteiger charge is -2.16. The van der Waals surface area contributed by atoms with Crippen LogP contribution in [0.3, 0.4) is 0 Å². The van der Waals surface area contributed by atoms with Gasteiger partial charge in [-0.3, -0.25) is 9.09 Å². The van der Waals surface area contributed by atoms with Gasteiger partial charge in [-0.05, 0) is 64.5 Å². The van der Waals surface area contributed by atoms with Crippen molar-refractivity contribution in [1.29, 1.82) is 0 Å². The summed E-state index contributed by atoms with van der Waals surface area (Å²) in [6, 6.07) is 1.64. The second-order valence-electron chi connectivity index (χ2n) is 7.85. The first-order valence-corrected chi connectivity index (χ1v) is 12.8. The molecule has 14 heteroatoms. The van der Waals surface area contributed by atoms with Crippen LogP contribution >= 0.6 is 7.82 Å². The second kappa shape index (κ2) is 14.8. The number of rotatable bonds is 17. The molecule has 1 fully saturated rings. The van der Waals surface area contributed by atoms with Gasteiger partial charge in [-0.25, -0.2) is 9.36 Å². The Balaban J connectivity index is 1.62. The van der Waals surface area contributed by atoms with Crippen molar-refractivity contribution in [2.75, 3.05) is 51.2 Å². The van der Waals surface area contributed by atoms with Crippen LogP contribution in [0.5, 0.6) is 0 Å².